The number of hydrogen-bond acceptors (Lipinski definition) is 12. The first-order chi connectivity index (χ1) is 29.0. The Morgan fingerprint density at radius 2 is 1.29 bits per heavy atom. The number of thiophene rings is 1. The fourth-order valence-electron chi connectivity index (χ4n) is 7.49. The highest BCUT2D eigenvalue weighted by Gasteiger charge is 2.28. The van der Waals surface area contributed by atoms with Crippen LogP contribution in [0.2, 0.25) is 0 Å². The Kier molecular flexibility index (Phi) is 11.9. The van der Waals surface area contributed by atoms with Gasteiger partial charge in [-0.2, -0.15) is 0 Å². The van der Waals surface area contributed by atoms with Crippen LogP contribution < -0.4 is 31.1 Å². The summed E-state index contributed by atoms with van der Waals surface area (Å²) in [6.45, 7) is 5.82. The first kappa shape index (κ1) is 39.1. The highest BCUT2D eigenvalue weighted by Crippen LogP contribution is 2.43. The van der Waals surface area contributed by atoms with E-state index in [0.29, 0.717) is 17.9 Å². The second-order valence-electron chi connectivity index (χ2n) is 14.2. The fourth-order valence-corrected chi connectivity index (χ4v) is 10.8. The summed E-state index contributed by atoms with van der Waals surface area (Å²) in [5, 5.41) is 18.8. The molecule has 2 aliphatic heterocycles. The predicted octanol–water partition coefficient (Wildman–Crippen LogP) is 9.45. The van der Waals surface area contributed by atoms with E-state index in [-0.39, 0.29) is 17.9 Å². The van der Waals surface area contributed by atoms with Crippen molar-refractivity contribution in [2.24, 2.45) is 0 Å². The van der Waals surface area contributed by atoms with E-state index in [0.717, 1.165) is 92.9 Å². The van der Waals surface area contributed by atoms with Crippen LogP contribution in [0.15, 0.2) is 125 Å². The number of benzene rings is 4. The normalized spacial score (nSPS) is 15.6. The van der Waals surface area contributed by atoms with Crippen LogP contribution in [0.5, 0.6) is 0 Å². The van der Waals surface area contributed by atoms with Crippen molar-refractivity contribution in [2.75, 3.05) is 72.5 Å². The zero-order valence-electron chi connectivity index (χ0n) is 32.3. The number of para-hydroxylation sites is 4. The molecule has 59 heavy (non-hydrogen) atoms. The Bertz CT molecular complexity index is 2560. The molecular formula is C45H42N8O2S4. The Balaban J connectivity index is 0.940. The van der Waals surface area contributed by atoms with Crippen molar-refractivity contribution in [1.29, 1.82) is 0 Å². The predicted molar refractivity (Wildman–Crippen MR) is 247 cm³/mol. The lowest BCUT2D eigenvalue weighted by Gasteiger charge is -2.36. The maximum atomic E-state index is 13.6. The summed E-state index contributed by atoms with van der Waals surface area (Å²) in [4.78, 5) is 44.8. The van der Waals surface area contributed by atoms with Gasteiger partial charge in [0.05, 0.1) is 33.7 Å². The number of piperazine rings is 2. The van der Waals surface area contributed by atoms with Gasteiger partial charge in [-0.1, -0.05) is 66.7 Å². The summed E-state index contributed by atoms with van der Waals surface area (Å²) < 4.78 is 0. The van der Waals surface area contributed by atoms with E-state index < -0.39 is 0 Å². The highest BCUT2D eigenvalue weighted by molar-refractivity contribution is 7.98. The molecule has 2 aliphatic rings. The van der Waals surface area contributed by atoms with Crippen LogP contribution in [0.3, 0.4) is 0 Å². The van der Waals surface area contributed by atoms with Crippen molar-refractivity contribution in [1.82, 2.24) is 20.6 Å². The number of thiazole rings is 2. The van der Waals surface area contributed by atoms with Crippen LogP contribution in [0.4, 0.5) is 22.7 Å². The quantitative estimate of drug-likeness (QED) is 0.0946. The van der Waals surface area contributed by atoms with E-state index in [2.05, 4.69) is 96.9 Å². The molecule has 0 saturated carbocycles. The van der Waals surface area contributed by atoms with Gasteiger partial charge in [0.25, 0.3) is 11.8 Å². The summed E-state index contributed by atoms with van der Waals surface area (Å²) in [6.07, 6.45) is 2.05. The van der Waals surface area contributed by atoms with Crippen molar-refractivity contribution in [3.05, 3.63) is 137 Å². The summed E-state index contributed by atoms with van der Waals surface area (Å²) in [5.41, 5.74) is 7.61. The van der Waals surface area contributed by atoms with Gasteiger partial charge in [0.1, 0.15) is 21.4 Å². The first-order valence-corrected chi connectivity index (χ1v) is 23.3. The molecule has 298 valence electrons. The van der Waals surface area contributed by atoms with Gasteiger partial charge in [0.15, 0.2) is 0 Å². The third-order valence-electron chi connectivity index (χ3n) is 10.5. The van der Waals surface area contributed by atoms with Gasteiger partial charge in [-0.05, 0) is 59.8 Å². The monoisotopic (exact) mass is 854 g/mol. The minimum absolute atomic E-state index is 0.00414. The number of carbonyl (C=O) groups excluding carboxylic acids is 2. The van der Waals surface area contributed by atoms with Crippen LogP contribution >= 0.6 is 45.8 Å². The molecule has 10 nitrogen and oxygen atoms in total. The van der Waals surface area contributed by atoms with Gasteiger partial charge in [0, 0.05) is 71.9 Å². The number of nitrogens with one attached hydrogen (secondary N) is 4. The summed E-state index contributed by atoms with van der Waals surface area (Å²) in [5.74, 6) is -0.455. The Labute approximate surface area is 359 Å². The smallest absolute Gasteiger partial charge is 0.275 e. The molecule has 5 heterocycles. The van der Waals surface area contributed by atoms with Crippen LogP contribution in [0.25, 0.3) is 30.9 Å². The number of thioether (sulfide) groups is 1. The van der Waals surface area contributed by atoms with Crippen molar-refractivity contribution >= 4 is 80.3 Å². The molecule has 4 N–H and O–H groups in total. The van der Waals surface area contributed by atoms with Gasteiger partial charge >= 0.3 is 0 Å². The number of carbonyl (C=O) groups is 2. The zero-order chi connectivity index (χ0) is 40.1. The molecule has 0 bridgehead atoms. The molecule has 2 amide bonds. The number of rotatable bonds is 11. The third-order valence-corrected chi connectivity index (χ3v) is 14.3. The van der Waals surface area contributed by atoms with E-state index in [1.807, 2.05) is 65.4 Å². The number of amides is 2. The number of aromatic nitrogens is 2. The van der Waals surface area contributed by atoms with E-state index in [9.17, 15) is 9.59 Å². The molecule has 0 spiro atoms. The Morgan fingerprint density at radius 1 is 0.695 bits per heavy atom. The van der Waals surface area contributed by atoms with Crippen LogP contribution in [0.1, 0.15) is 32.6 Å². The fraction of sp³-hybridized carbons (Fsp3) is 0.200. The lowest BCUT2D eigenvalue weighted by atomic mass is 10.0. The molecule has 1 unspecified atom stereocenters. The van der Waals surface area contributed by atoms with Gasteiger partial charge in [0.2, 0.25) is 0 Å². The van der Waals surface area contributed by atoms with E-state index in [4.69, 9.17) is 4.98 Å². The molecule has 2 saturated heterocycles. The molecule has 4 aromatic carbocycles. The largest absolute Gasteiger partial charge is 0.367 e. The molecule has 0 radical (unpaired) electrons. The van der Waals surface area contributed by atoms with E-state index in [1.54, 1.807) is 23.1 Å². The molecule has 2 fully saturated rings. The highest BCUT2D eigenvalue weighted by atomic mass is 32.2. The third kappa shape index (κ3) is 8.69. The van der Waals surface area contributed by atoms with Gasteiger partial charge in [-0.3, -0.25) is 9.59 Å². The average Bonchev–Trinajstić information content (AvgIpc) is 4.09. The standard InChI is InChI=1S/C45H42N8O2S4/c1-56-31-17-15-30(16-18-31)44-50-36(27-57-44)42(54)49-34-12-6-8-14-39(34)53-24-21-47-35(26-53)32-25-40(59-41(32)29-9-3-2-4-10-29)45-51-37(28-58-45)43(55)48-33-11-5-7-13-38(33)52-22-19-46-20-23-52/h2-18,25,27-28,35,46-47H,19-24,26H2,1H3,(H,48,55)(H,49,54). The average molecular weight is 855 g/mol. The molecular weight excluding hydrogens is 813 g/mol. The number of hydrogen-bond donors (Lipinski definition) is 4. The lowest BCUT2D eigenvalue weighted by molar-refractivity contribution is 0.101. The Hall–Kier alpha value is -5.35. The summed E-state index contributed by atoms with van der Waals surface area (Å²) >= 11 is 6.35. The van der Waals surface area contributed by atoms with Crippen molar-refractivity contribution < 1.29 is 9.59 Å². The van der Waals surface area contributed by atoms with Crippen molar-refractivity contribution in [3.63, 3.8) is 0 Å². The second kappa shape index (κ2) is 17.9. The molecule has 14 heteroatoms. The second-order valence-corrected chi connectivity index (χ2v) is 17.8. The molecule has 1 atom stereocenters. The van der Waals surface area contributed by atoms with Gasteiger partial charge in [-0.25, -0.2) is 9.97 Å². The maximum Gasteiger partial charge on any atom is 0.275 e. The summed E-state index contributed by atoms with van der Waals surface area (Å²) in [6, 6.07) is 36.9. The minimum atomic E-state index is -0.235. The topological polar surface area (TPSA) is 115 Å². The molecule has 0 aliphatic carbocycles. The van der Waals surface area contributed by atoms with E-state index >= 15 is 0 Å². The SMILES string of the molecule is CSc1ccc(-c2nc(C(=O)Nc3ccccc3N3CCNC(c4cc(-c5nc(C(=O)Nc6ccccc6N6CCNCC6)cs5)sc4-c4ccccc4)C3)cs2)cc1. The summed E-state index contributed by atoms with van der Waals surface area (Å²) in [7, 11) is 0. The van der Waals surface area contributed by atoms with Gasteiger partial charge in [-0.15, -0.1) is 45.8 Å². The van der Waals surface area contributed by atoms with Crippen LogP contribution in [-0.4, -0.2) is 73.9 Å². The molecule has 9 rings (SSSR count). The van der Waals surface area contributed by atoms with E-state index in [1.165, 1.54) is 33.1 Å². The maximum absolute atomic E-state index is 13.6. The van der Waals surface area contributed by atoms with Gasteiger partial charge < -0.3 is 31.1 Å². The minimum Gasteiger partial charge on any atom is -0.367 e. The lowest BCUT2D eigenvalue weighted by Crippen LogP contribution is -2.46. The van der Waals surface area contributed by atoms with Crippen molar-refractivity contribution in [2.45, 2.75) is 10.9 Å². The van der Waals surface area contributed by atoms with Crippen LogP contribution in [0, 0.1) is 0 Å². The van der Waals surface area contributed by atoms with Crippen LogP contribution in [-0.2, 0) is 0 Å². The molecule has 7 aromatic rings. The first-order valence-electron chi connectivity index (χ1n) is 19.5. The number of anilines is 4. The number of nitrogens with zero attached hydrogens (tertiary/aromatic N) is 4. The van der Waals surface area contributed by atoms with Crippen molar-refractivity contribution in [3.8, 4) is 30.9 Å². The Morgan fingerprint density at radius 3 is 1.97 bits per heavy atom. The zero-order valence-corrected chi connectivity index (χ0v) is 35.6. The molecule has 3 aromatic heterocycles.